The average Bonchev–Trinajstić information content (AvgIpc) is 2.99. The molecule has 0 unspecified atom stereocenters. The summed E-state index contributed by atoms with van der Waals surface area (Å²) in [6.07, 6.45) is 3.88. The minimum atomic E-state index is -0.662. The Morgan fingerprint density at radius 2 is 2.00 bits per heavy atom. The van der Waals surface area contributed by atoms with Gasteiger partial charge in [0.05, 0.1) is 22.4 Å². The molecule has 6 heteroatoms. The topological polar surface area (TPSA) is 69.5 Å². The van der Waals surface area contributed by atoms with E-state index >= 15 is 0 Å². The lowest BCUT2D eigenvalue weighted by Crippen LogP contribution is -2.45. The van der Waals surface area contributed by atoms with Crippen molar-refractivity contribution in [3.05, 3.63) is 53.3 Å². The van der Waals surface area contributed by atoms with Crippen LogP contribution in [-0.2, 0) is 13.0 Å². The molecule has 3 aromatic rings. The average molecular weight is 355 g/mol. The number of rotatable bonds is 4. The van der Waals surface area contributed by atoms with Gasteiger partial charge in [-0.25, -0.2) is 4.98 Å². The largest absolute Gasteiger partial charge is 0.508 e. The molecule has 5 nitrogen and oxygen atoms in total. The molecule has 1 saturated heterocycles. The number of aromatic nitrogens is 2. The summed E-state index contributed by atoms with van der Waals surface area (Å²) in [6.45, 7) is 2.49. The maximum atomic E-state index is 10.8. The summed E-state index contributed by atoms with van der Waals surface area (Å²) < 4.78 is 1.01. The van der Waals surface area contributed by atoms with Gasteiger partial charge in [-0.2, -0.15) is 0 Å². The Morgan fingerprint density at radius 1 is 1.16 bits per heavy atom. The quantitative estimate of drug-likeness (QED) is 0.753. The fourth-order valence-electron chi connectivity index (χ4n) is 3.36. The number of likely N-dealkylation sites (tertiary alicyclic amines) is 1. The molecular weight excluding hydrogens is 334 g/mol. The van der Waals surface area contributed by atoms with Crippen LogP contribution < -0.4 is 0 Å². The number of hydrogen-bond donors (Lipinski definition) is 2. The van der Waals surface area contributed by atoms with Gasteiger partial charge in [0.25, 0.3) is 0 Å². The van der Waals surface area contributed by atoms with E-state index in [2.05, 4.69) is 14.9 Å². The molecule has 2 aromatic heterocycles. The van der Waals surface area contributed by atoms with Crippen molar-refractivity contribution in [2.24, 2.45) is 0 Å². The van der Waals surface area contributed by atoms with Gasteiger partial charge in [0.2, 0.25) is 0 Å². The van der Waals surface area contributed by atoms with Gasteiger partial charge in [0.15, 0.2) is 0 Å². The predicted octanol–water partition coefficient (Wildman–Crippen LogP) is 2.97. The number of pyridine rings is 1. The Labute approximate surface area is 150 Å². The summed E-state index contributed by atoms with van der Waals surface area (Å²) >= 11 is 1.62. The third-order valence-electron chi connectivity index (χ3n) is 4.80. The minimum Gasteiger partial charge on any atom is -0.508 e. The van der Waals surface area contributed by atoms with E-state index in [0.29, 0.717) is 6.42 Å². The van der Waals surface area contributed by atoms with Crippen LogP contribution in [0.3, 0.4) is 0 Å². The van der Waals surface area contributed by atoms with E-state index in [9.17, 15) is 10.2 Å². The minimum absolute atomic E-state index is 0.278. The molecule has 1 aliphatic rings. The second kappa shape index (κ2) is 6.71. The van der Waals surface area contributed by atoms with Gasteiger partial charge in [-0.1, -0.05) is 6.07 Å². The molecule has 2 N–H and O–H groups in total. The number of aliphatic hydroxyl groups is 1. The summed E-state index contributed by atoms with van der Waals surface area (Å²) in [5.74, 6) is 0.278. The third kappa shape index (κ3) is 3.81. The van der Waals surface area contributed by atoms with Crippen LogP contribution in [0.2, 0.25) is 0 Å². The van der Waals surface area contributed by atoms with Gasteiger partial charge in [-0.15, -0.1) is 11.3 Å². The van der Waals surface area contributed by atoms with Gasteiger partial charge in [0.1, 0.15) is 10.8 Å². The first-order chi connectivity index (χ1) is 12.1. The van der Waals surface area contributed by atoms with Crippen molar-refractivity contribution in [2.75, 3.05) is 13.1 Å². The smallest absolute Gasteiger partial charge is 0.117 e. The summed E-state index contributed by atoms with van der Waals surface area (Å²) in [7, 11) is 0. The van der Waals surface area contributed by atoms with Crippen molar-refractivity contribution in [2.45, 2.75) is 31.4 Å². The first-order valence-corrected chi connectivity index (χ1v) is 9.34. The molecule has 0 radical (unpaired) electrons. The Hall–Kier alpha value is -2.02. The first kappa shape index (κ1) is 16.4. The standard InChI is InChI=1S/C19H21N3O2S/c23-15-4-5-16-17(11-15)25-18(21-16)13-22-9-6-19(24,7-10-22)12-14-3-1-2-8-20-14/h1-5,8,11,23-24H,6-7,9-10,12-13H2. The normalized spacial score (nSPS) is 17.8. The fourth-order valence-corrected chi connectivity index (χ4v) is 4.41. The van der Waals surface area contributed by atoms with E-state index in [1.807, 2.05) is 24.3 Å². The number of benzene rings is 1. The zero-order valence-corrected chi connectivity index (χ0v) is 14.7. The first-order valence-electron chi connectivity index (χ1n) is 8.53. The maximum Gasteiger partial charge on any atom is 0.117 e. The van der Waals surface area contributed by atoms with Gasteiger partial charge in [-0.3, -0.25) is 9.88 Å². The van der Waals surface area contributed by atoms with Crippen molar-refractivity contribution in [3.63, 3.8) is 0 Å². The predicted molar refractivity (Wildman–Crippen MR) is 98.7 cm³/mol. The molecule has 1 aliphatic heterocycles. The summed E-state index contributed by atoms with van der Waals surface area (Å²) in [5.41, 5.74) is 1.22. The molecule has 1 fully saturated rings. The van der Waals surface area contributed by atoms with E-state index in [0.717, 1.165) is 53.4 Å². The van der Waals surface area contributed by atoms with E-state index in [4.69, 9.17) is 0 Å². The number of phenolic OH excluding ortho intramolecular Hbond substituents is 1. The van der Waals surface area contributed by atoms with E-state index in [1.54, 1.807) is 29.7 Å². The molecule has 1 aromatic carbocycles. The van der Waals surface area contributed by atoms with Crippen LogP contribution in [-0.4, -0.2) is 43.8 Å². The van der Waals surface area contributed by atoms with Crippen LogP contribution in [0.15, 0.2) is 42.6 Å². The summed E-state index contributed by atoms with van der Waals surface area (Å²) in [6, 6.07) is 11.1. The van der Waals surface area contributed by atoms with Crippen molar-refractivity contribution in [1.29, 1.82) is 0 Å². The molecule has 0 aliphatic carbocycles. The summed E-state index contributed by atoms with van der Waals surface area (Å²) in [5, 5.41) is 21.5. The van der Waals surface area contributed by atoms with Gasteiger partial charge in [0, 0.05) is 31.4 Å². The van der Waals surface area contributed by atoms with Crippen molar-refractivity contribution in [1.82, 2.24) is 14.9 Å². The molecule has 3 heterocycles. The Bertz CT molecular complexity index is 857. The number of nitrogens with zero attached hydrogens (tertiary/aromatic N) is 3. The van der Waals surface area contributed by atoms with Gasteiger partial charge >= 0.3 is 0 Å². The molecule has 4 rings (SSSR count). The fraction of sp³-hybridized carbons (Fsp3) is 0.368. The second-order valence-corrected chi connectivity index (χ2v) is 7.87. The summed E-state index contributed by atoms with van der Waals surface area (Å²) in [4.78, 5) is 11.3. The highest BCUT2D eigenvalue weighted by Gasteiger charge is 2.33. The molecular formula is C19H21N3O2S. The van der Waals surface area contributed by atoms with Crippen LogP contribution in [0.1, 0.15) is 23.5 Å². The third-order valence-corrected chi connectivity index (χ3v) is 5.80. The van der Waals surface area contributed by atoms with Crippen LogP contribution in [0.25, 0.3) is 10.2 Å². The monoisotopic (exact) mass is 355 g/mol. The number of piperidine rings is 1. The van der Waals surface area contributed by atoms with Gasteiger partial charge in [-0.05, 0) is 43.2 Å². The molecule has 130 valence electrons. The lowest BCUT2D eigenvalue weighted by Gasteiger charge is -2.37. The van der Waals surface area contributed by atoms with E-state index in [1.165, 1.54) is 0 Å². The Balaban J connectivity index is 1.38. The van der Waals surface area contributed by atoms with Crippen LogP contribution in [0.4, 0.5) is 0 Å². The Kier molecular flexibility index (Phi) is 4.41. The number of thiazole rings is 1. The van der Waals surface area contributed by atoms with Gasteiger partial charge < -0.3 is 10.2 Å². The van der Waals surface area contributed by atoms with Crippen LogP contribution in [0.5, 0.6) is 5.75 Å². The van der Waals surface area contributed by atoms with Crippen molar-refractivity contribution >= 4 is 21.6 Å². The molecule has 0 amide bonds. The highest BCUT2D eigenvalue weighted by Crippen LogP contribution is 2.29. The zero-order chi connectivity index (χ0) is 17.3. The molecule has 0 saturated carbocycles. The zero-order valence-electron chi connectivity index (χ0n) is 13.9. The number of phenols is 1. The van der Waals surface area contributed by atoms with Crippen molar-refractivity contribution in [3.8, 4) is 5.75 Å². The number of fused-ring (bicyclic) bond motifs is 1. The van der Waals surface area contributed by atoms with E-state index < -0.39 is 5.60 Å². The van der Waals surface area contributed by atoms with E-state index in [-0.39, 0.29) is 5.75 Å². The lowest BCUT2D eigenvalue weighted by molar-refractivity contribution is -0.0231. The molecule has 0 atom stereocenters. The molecule has 25 heavy (non-hydrogen) atoms. The van der Waals surface area contributed by atoms with Crippen LogP contribution in [0, 0.1) is 0 Å². The Morgan fingerprint density at radius 3 is 2.76 bits per heavy atom. The number of hydrogen-bond acceptors (Lipinski definition) is 6. The lowest BCUT2D eigenvalue weighted by atomic mass is 9.87. The molecule has 0 bridgehead atoms. The SMILES string of the molecule is Oc1ccc2nc(CN3CCC(O)(Cc4ccccn4)CC3)sc2c1. The molecule has 0 spiro atoms. The van der Waals surface area contributed by atoms with Crippen molar-refractivity contribution < 1.29 is 10.2 Å². The maximum absolute atomic E-state index is 10.8. The highest BCUT2D eigenvalue weighted by molar-refractivity contribution is 7.18. The second-order valence-electron chi connectivity index (χ2n) is 6.76. The number of aromatic hydroxyl groups is 1. The van der Waals surface area contributed by atoms with Crippen LogP contribution >= 0.6 is 11.3 Å². The highest BCUT2D eigenvalue weighted by atomic mass is 32.1.